The van der Waals surface area contributed by atoms with Crippen molar-refractivity contribution >= 4 is 0 Å². The fraction of sp³-hybridized carbons (Fsp3) is 0.529. The van der Waals surface area contributed by atoms with Crippen molar-refractivity contribution in [2.75, 3.05) is 6.54 Å². The molecule has 1 aliphatic rings. The Bertz CT molecular complexity index is 601. The molecule has 0 spiro atoms. The van der Waals surface area contributed by atoms with Crippen LogP contribution in [0.4, 0.5) is 0 Å². The smallest absolute Gasteiger partial charge is 0.164 e. The van der Waals surface area contributed by atoms with Gasteiger partial charge in [0.15, 0.2) is 5.82 Å². The van der Waals surface area contributed by atoms with Crippen LogP contribution in [0.2, 0.25) is 0 Å². The Morgan fingerprint density at radius 1 is 1.24 bits per heavy atom. The summed E-state index contributed by atoms with van der Waals surface area (Å²) in [6.07, 6.45) is 5.60. The quantitative estimate of drug-likeness (QED) is 0.886. The summed E-state index contributed by atoms with van der Waals surface area (Å²) in [6.45, 7) is 6.96. The molecule has 3 rings (SSSR count). The van der Waals surface area contributed by atoms with E-state index < -0.39 is 0 Å². The molecule has 1 aromatic carbocycles. The lowest BCUT2D eigenvalue weighted by molar-refractivity contribution is 0.539. The molecule has 0 fully saturated rings. The topological polar surface area (TPSA) is 42.7 Å². The van der Waals surface area contributed by atoms with Crippen molar-refractivity contribution in [1.29, 1.82) is 0 Å². The van der Waals surface area contributed by atoms with E-state index in [0.717, 1.165) is 25.5 Å². The molecule has 112 valence electrons. The zero-order valence-electron chi connectivity index (χ0n) is 13.0. The van der Waals surface area contributed by atoms with E-state index in [9.17, 15) is 0 Å². The van der Waals surface area contributed by atoms with Crippen LogP contribution in [0.1, 0.15) is 42.8 Å². The van der Waals surface area contributed by atoms with Crippen LogP contribution in [0.15, 0.2) is 24.5 Å². The summed E-state index contributed by atoms with van der Waals surface area (Å²) in [5.41, 5.74) is 4.37. The van der Waals surface area contributed by atoms with Crippen LogP contribution in [0.5, 0.6) is 0 Å². The van der Waals surface area contributed by atoms with Crippen molar-refractivity contribution in [2.24, 2.45) is 5.92 Å². The molecule has 1 heterocycles. The summed E-state index contributed by atoms with van der Waals surface area (Å²) >= 11 is 0. The van der Waals surface area contributed by atoms with E-state index in [2.05, 4.69) is 47.4 Å². The van der Waals surface area contributed by atoms with Crippen molar-refractivity contribution in [3.8, 4) is 0 Å². The largest absolute Gasteiger partial charge is 0.310 e. The van der Waals surface area contributed by atoms with E-state index in [1.165, 1.54) is 36.0 Å². The van der Waals surface area contributed by atoms with E-state index in [1.807, 2.05) is 11.0 Å². The third kappa shape index (κ3) is 3.70. The highest BCUT2D eigenvalue weighted by Gasteiger charge is 2.11. The third-order valence-corrected chi connectivity index (χ3v) is 3.93. The summed E-state index contributed by atoms with van der Waals surface area (Å²) in [5.74, 6) is 1.52. The van der Waals surface area contributed by atoms with Gasteiger partial charge in [0, 0.05) is 0 Å². The lowest BCUT2D eigenvalue weighted by Crippen LogP contribution is -2.19. The van der Waals surface area contributed by atoms with Crippen molar-refractivity contribution < 1.29 is 0 Å². The molecule has 0 bridgehead atoms. The Balaban J connectivity index is 1.59. The Labute approximate surface area is 126 Å². The molecule has 0 radical (unpaired) electrons. The SMILES string of the molecule is CC(C)CNCc1ncn(Cc2ccc3c(c2)CCC3)n1. The van der Waals surface area contributed by atoms with Gasteiger partial charge in [-0.2, -0.15) is 5.10 Å². The second-order valence-corrected chi connectivity index (χ2v) is 6.34. The van der Waals surface area contributed by atoms with Crippen LogP contribution in [-0.4, -0.2) is 21.3 Å². The number of benzene rings is 1. The number of aryl methyl sites for hydroxylation is 2. The molecular weight excluding hydrogens is 260 g/mol. The first-order valence-corrected chi connectivity index (χ1v) is 7.90. The van der Waals surface area contributed by atoms with Gasteiger partial charge in [0.25, 0.3) is 0 Å². The monoisotopic (exact) mass is 284 g/mol. The molecule has 21 heavy (non-hydrogen) atoms. The minimum absolute atomic E-state index is 0.651. The number of hydrogen-bond donors (Lipinski definition) is 1. The first-order chi connectivity index (χ1) is 10.2. The number of hydrogen-bond acceptors (Lipinski definition) is 3. The van der Waals surface area contributed by atoms with Crippen molar-refractivity contribution in [2.45, 2.75) is 46.2 Å². The normalized spacial score (nSPS) is 13.9. The second kappa shape index (κ2) is 6.39. The highest BCUT2D eigenvalue weighted by molar-refractivity contribution is 5.35. The first-order valence-electron chi connectivity index (χ1n) is 7.90. The number of rotatable bonds is 6. The van der Waals surface area contributed by atoms with Crippen LogP contribution in [-0.2, 0) is 25.9 Å². The van der Waals surface area contributed by atoms with Gasteiger partial charge in [-0.15, -0.1) is 0 Å². The summed E-state index contributed by atoms with van der Waals surface area (Å²) in [5, 5.41) is 7.91. The van der Waals surface area contributed by atoms with Crippen LogP contribution in [0.25, 0.3) is 0 Å². The zero-order chi connectivity index (χ0) is 14.7. The van der Waals surface area contributed by atoms with Gasteiger partial charge >= 0.3 is 0 Å². The Morgan fingerprint density at radius 2 is 2.10 bits per heavy atom. The maximum Gasteiger partial charge on any atom is 0.164 e. The van der Waals surface area contributed by atoms with Gasteiger partial charge in [-0.05, 0) is 48.4 Å². The minimum atomic E-state index is 0.651. The molecule has 4 heteroatoms. The third-order valence-electron chi connectivity index (χ3n) is 3.93. The van der Waals surface area contributed by atoms with Gasteiger partial charge in [-0.1, -0.05) is 32.0 Å². The summed E-state index contributed by atoms with van der Waals surface area (Å²) in [4.78, 5) is 4.37. The molecule has 0 saturated carbocycles. The first kappa shape index (κ1) is 14.3. The van der Waals surface area contributed by atoms with E-state index in [4.69, 9.17) is 0 Å². The summed E-state index contributed by atoms with van der Waals surface area (Å²) in [7, 11) is 0. The van der Waals surface area contributed by atoms with Gasteiger partial charge in [-0.25, -0.2) is 9.67 Å². The average Bonchev–Trinajstić information content (AvgIpc) is 3.07. The Kier molecular flexibility index (Phi) is 4.34. The van der Waals surface area contributed by atoms with Crippen LogP contribution in [0.3, 0.4) is 0 Å². The molecule has 2 aromatic rings. The lowest BCUT2D eigenvalue weighted by atomic mass is 10.1. The summed E-state index contributed by atoms with van der Waals surface area (Å²) < 4.78 is 1.93. The molecule has 1 aliphatic carbocycles. The average molecular weight is 284 g/mol. The number of fused-ring (bicyclic) bond motifs is 1. The molecule has 0 unspecified atom stereocenters. The predicted octanol–water partition coefficient (Wildman–Crippen LogP) is 2.56. The molecule has 0 saturated heterocycles. The highest BCUT2D eigenvalue weighted by Crippen LogP contribution is 2.23. The number of nitrogens with one attached hydrogen (secondary N) is 1. The predicted molar refractivity (Wildman–Crippen MR) is 84.1 cm³/mol. The molecule has 0 aliphatic heterocycles. The van der Waals surface area contributed by atoms with Crippen LogP contribution >= 0.6 is 0 Å². The fourth-order valence-corrected chi connectivity index (χ4v) is 2.87. The number of aromatic nitrogens is 3. The van der Waals surface area contributed by atoms with E-state index in [1.54, 1.807) is 0 Å². The van der Waals surface area contributed by atoms with E-state index in [0.29, 0.717) is 5.92 Å². The Hall–Kier alpha value is -1.68. The maximum atomic E-state index is 4.54. The zero-order valence-corrected chi connectivity index (χ0v) is 13.0. The molecule has 4 nitrogen and oxygen atoms in total. The molecule has 0 atom stereocenters. The van der Waals surface area contributed by atoms with Crippen molar-refractivity contribution in [3.05, 3.63) is 47.0 Å². The minimum Gasteiger partial charge on any atom is -0.310 e. The van der Waals surface area contributed by atoms with Gasteiger partial charge < -0.3 is 5.32 Å². The standard InChI is InChI=1S/C17H24N4/c1-13(2)9-18-10-17-19-12-21(20-17)11-14-6-7-15-4-3-5-16(15)8-14/h6-8,12-13,18H,3-5,9-11H2,1-2H3. The molecule has 1 N–H and O–H groups in total. The van der Waals surface area contributed by atoms with Gasteiger partial charge in [0.2, 0.25) is 0 Å². The van der Waals surface area contributed by atoms with Gasteiger partial charge in [-0.3, -0.25) is 0 Å². The molecule has 1 aromatic heterocycles. The van der Waals surface area contributed by atoms with Gasteiger partial charge in [0.05, 0.1) is 13.1 Å². The van der Waals surface area contributed by atoms with Crippen molar-refractivity contribution in [1.82, 2.24) is 20.1 Å². The van der Waals surface area contributed by atoms with Crippen LogP contribution in [0, 0.1) is 5.92 Å². The maximum absolute atomic E-state index is 4.54. The molecular formula is C17H24N4. The van der Waals surface area contributed by atoms with E-state index in [-0.39, 0.29) is 0 Å². The van der Waals surface area contributed by atoms with Crippen LogP contribution < -0.4 is 5.32 Å². The lowest BCUT2D eigenvalue weighted by Gasteiger charge is -2.05. The van der Waals surface area contributed by atoms with Crippen molar-refractivity contribution in [3.63, 3.8) is 0 Å². The van der Waals surface area contributed by atoms with Gasteiger partial charge in [0.1, 0.15) is 6.33 Å². The Morgan fingerprint density at radius 3 is 2.95 bits per heavy atom. The number of nitrogens with zero attached hydrogens (tertiary/aromatic N) is 3. The summed E-state index contributed by atoms with van der Waals surface area (Å²) in [6, 6.07) is 6.84. The molecule has 0 amide bonds. The highest BCUT2D eigenvalue weighted by atomic mass is 15.3. The second-order valence-electron chi connectivity index (χ2n) is 6.34. The fourth-order valence-electron chi connectivity index (χ4n) is 2.87. The van der Waals surface area contributed by atoms with E-state index >= 15 is 0 Å².